The van der Waals surface area contributed by atoms with Crippen molar-refractivity contribution in [1.29, 1.82) is 0 Å². The maximum atomic E-state index is 14.6. The Morgan fingerprint density at radius 1 is 0.593 bits per heavy atom. The van der Waals surface area contributed by atoms with E-state index in [4.69, 9.17) is 0 Å². The summed E-state index contributed by atoms with van der Waals surface area (Å²) >= 11 is 0. The highest BCUT2D eigenvalue weighted by Gasteiger charge is 2.94. The Morgan fingerprint density at radius 2 is 0.963 bits per heavy atom. The summed E-state index contributed by atoms with van der Waals surface area (Å²) in [5, 5.41) is 0. The molecule has 2 rings (SSSR count). The molecule has 1 aliphatic carbocycles. The summed E-state index contributed by atoms with van der Waals surface area (Å²) in [6.45, 7) is 0. The lowest BCUT2D eigenvalue weighted by Crippen LogP contribution is -2.66. The Hall–Kier alpha value is -2.09. The lowest BCUT2D eigenvalue weighted by Gasteiger charge is -2.41. The molecule has 0 aromatic heterocycles. The molecule has 0 spiro atoms. The van der Waals surface area contributed by atoms with Crippen LogP contribution in [0.4, 0.5) is 61.5 Å². The second-order valence-corrected chi connectivity index (χ2v) is 5.24. The molecule has 152 valence electrons. The molecule has 0 aliphatic heterocycles. The first kappa shape index (κ1) is 21.2. The van der Waals surface area contributed by atoms with Crippen molar-refractivity contribution in [2.24, 2.45) is 5.41 Å². The molecule has 0 fully saturated rings. The molecule has 0 amide bonds. The van der Waals surface area contributed by atoms with Crippen LogP contribution in [0.2, 0.25) is 0 Å². The van der Waals surface area contributed by atoms with E-state index in [9.17, 15) is 66.3 Å². The summed E-state index contributed by atoms with van der Waals surface area (Å²) < 4.78 is 186. The lowest BCUT2D eigenvalue weighted by molar-refractivity contribution is -0.397. The van der Waals surface area contributed by atoms with E-state index in [2.05, 4.69) is 0 Å². The Kier molecular flexibility index (Phi) is 4.12. The summed E-state index contributed by atoms with van der Waals surface area (Å²) in [7, 11) is 0. The van der Waals surface area contributed by atoms with E-state index in [1.165, 1.54) is 0 Å². The molecular weight excluding hydrogens is 426 g/mol. The zero-order valence-corrected chi connectivity index (χ0v) is 11.7. The molecule has 1 atom stereocenters. The van der Waals surface area contributed by atoms with Gasteiger partial charge in [0, 0.05) is 0 Å². The van der Waals surface area contributed by atoms with Crippen molar-refractivity contribution in [3.63, 3.8) is 0 Å². The number of alkyl halides is 10. The predicted octanol–water partition coefficient (Wildman–Crippen LogP) is 5.28. The van der Waals surface area contributed by atoms with Gasteiger partial charge < -0.3 is 0 Å². The van der Waals surface area contributed by atoms with Crippen LogP contribution in [-0.2, 0) is 5.67 Å². The van der Waals surface area contributed by atoms with Crippen LogP contribution in [0, 0.1) is 28.7 Å². The van der Waals surface area contributed by atoms with Crippen molar-refractivity contribution in [3.05, 3.63) is 34.4 Å². The van der Waals surface area contributed by atoms with E-state index in [1.54, 1.807) is 0 Å². The van der Waals surface area contributed by atoms with Gasteiger partial charge in [0.2, 0.25) is 0 Å². The van der Waals surface area contributed by atoms with Crippen molar-refractivity contribution in [2.45, 2.75) is 24.2 Å². The molecule has 1 nitrogen and oxygen atoms in total. The number of carbonyl (C=O) groups is 1. The van der Waals surface area contributed by atoms with Crippen LogP contribution in [0.5, 0.6) is 0 Å². The Morgan fingerprint density at radius 3 is 1.30 bits per heavy atom. The molecule has 1 aromatic carbocycles. The third-order valence-electron chi connectivity index (χ3n) is 3.94. The Bertz CT molecular complexity index is 815. The second kappa shape index (κ2) is 5.25. The molecule has 1 aliphatic rings. The van der Waals surface area contributed by atoms with Crippen molar-refractivity contribution in [2.75, 3.05) is 0 Å². The van der Waals surface area contributed by atoms with E-state index in [0.717, 1.165) is 0 Å². The number of ketones is 1. The first-order chi connectivity index (χ1) is 11.8. The SMILES string of the molecule is O=C1c2c(F)c(F)c(F)c(F)c2C(F)(C(F)(F)F)C1(C(F)(F)F)C(F)(F)F. The summed E-state index contributed by atoms with van der Waals surface area (Å²) in [4.78, 5) is 11.6. The number of hydrogen-bond donors (Lipinski definition) is 0. The van der Waals surface area contributed by atoms with Gasteiger partial charge in [-0.3, -0.25) is 4.79 Å². The molecule has 0 saturated heterocycles. The van der Waals surface area contributed by atoms with Gasteiger partial charge in [-0.05, 0) is 0 Å². The third-order valence-corrected chi connectivity index (χ3v) is 3.94. The molecule has 15 heteroatoms. The van der Waals surface area contributed by atoms with E-state index < -0.39 is 69.8 Å². The van der Waals surface area contributed by atoms with Crippen molar-refractivity contribution in [1.82, 2.24) is 0 Å². The summed E-state index contributed by atoms with van der Waals surface area (Å²) in [5.41, 5.74) is -20.9. The first-order valence-electron chi connectivity index (χ1n) is 6.10. The minimum absolute atomic E-state index is 3.18. The standard InChI is InChI=1S/C12F14O/c13-3-1-2(4(14)6(16)5(3)15)9(17,12(24,25)26)8(7(1)27,10(18,19)20)11(21,22)23. The zero-order valence-electron chi connectivity index (χ0n) is 11.7. The number of Topliss-reactive ketones (excluding diaryl/α,β-unsaturated/α-hetero) is 1. The molecule has 0 saturated carbocycles. The monoisotopic (exact) mass is 426 g/mol. The van der Waals surface area contributed by atoms with E-state index in [0.29, 0.717) is 0 Å². The van der Waals surface area contributed by atoms with Crippen molar-refractivity contribution in [3.8, 4) is 0 Å². The lowest BCUT2D eigenvalue weighted by atomic mass is 9.70. The highest BCUT2D eigenvalue weighted by Crippen LogP contribution is 2.71. The normalized spacial score (nSPS) is 23.0. The van der Waals surface area contributed by atoms with E-state index in [1.807, 2.05) is 0 Å². The van der Waals surface area contributed by atoms with Crippen LogP contribution in [0.25, 0.3) is 0 Å². The number of fused-ring (bicyclic) bond motifs is 1. The molecular formula is C12F14O. The maximum absolute atomic E-state index is 14.6. The van der Waals surface area contributed by atoms with Crippen molar-refractivity contribution < 1.29 is 66.3 Å². The van der Waals surface area contributed by atoms with E-state index in [-0.39, 0.29) is 0 Å². The quantitative estimate of drug-likeness (QED) is 0.314. The van der Waals surface area contributed by atoms with Crippen LogP contribution in [-0.4, -0.2) is 24.3 Å². The van der Waals surface area contributed by atoms with Gasteiger partial charge in [0.05, 0.1) is 11.1 Å². The van der Waals surface area contributed by atoms with Gasteiger partial charge in [-0.15, -0.1) is 0 Å². The van der Waals surface area contributed by atoms with Crippen LogP contribution < -0.4 is 0 Å². The fourth-order valence-corrected chi connectivity index (χ4v) is 2.86. The highest BCUT2D eigenvalue weighted by atomic mass is 19.4. The molecule has 27 heavy (non-hydrogen) atoms. The summed E-state index contributed by atoms with van der Waals surface area (Å²) in [5.74, 6) is -17.5. The van der Waals surface area contributed by atoms with Crippen LogP contribution in [0.15, 0.2) is 0 Å². The number of hydrogen-bond acceptors (Lipinski definition) is 1. The summed E-state index contributed by atoms with van der Waals surface area (Å²) in [6.07, 6.45) is -22.3. The van der Waals surface area contributed by atoms with Crippen molar-refractivity contribution >= 4 is 5.78 Å². The average molecular weight is 426 g/mol. The number of halogens is 14. The number of benzene rings is 1. The molecule has 1 aromatic rings. The maximum Gasteiger partial charge on any atom is 0.428 e. The van der Waals surface area contributed by atoms with Gasteiger partial charge in [0.15, 0.2) is 29.1 Å². The largest absolute Gasteiger partial charge is 0.428 e. The summed E-state index contributed by atoms with van der Waals surface area (Å²) in [6, 6.07) is 0. The molecule has 0 radical (unpaired) electrons. The first-order valence-corrected chi connectivity index (χ1v) is 6.10. The topological polar surface area (TPSA) is 17.1 Å². The van der Waals surface area contributed by atoms with Gasteiger partial charge in [0.25, 0.3) is 11.1 Å². The van der Waals surface area contributed by atoms with Gasteiger partial charge >= 0.3 is 18.5 Å². The average Bonchev–Trinajstić information content (AvgIpc) is 2.67. The van der Waals surface area contributed by atoms with Crippen LogP contribution in [0.1, 0.15) is 15.9 Å². The fraction of sp³-hybridized carbons (Fsp3) is 0.417. The third kappa shape index (κ3) is 2.10. The Balaban J connectivity index is 3.28. The molecule has 1 unspecified atom stereocenters. The number of rotatable bonds is 0. The van der Waals surface area contributed by atoms with Gasteiger partial charge in [-0.2, -0.15) is 39.5 Å². The minimum atomic E-state index is -7.47. The van der Waals surface area contributed by atoms with Gasteiger partial charge in [-0.1, -0.05) is 0 Å². The second-order valence-electron chi connectivity index (χ2n) is 5.24. The highest BCUT2D eigenvalue weighted by molar-refractivity contribution is 6.08. The predicted molar refractivity (Wildman–Crippen MR) is 54.0 cm³/mol. The smallest absolute Gasteiger partial charge is 0.293 e. The molecule has 0 heterocycles. The zero-order chi connectivity index (χ0) is 21.5. The van der Waals surface area contributed by atoms with Gasteiger partial charge in [-0.25, -0.2) is 22.0 Å². The fourth-order valence-electron chi connectivity index (χ4n) is 2.86. The number of carbonyl (C=O) groups excluding carboxylic acids is 1. The molecule has 0 bridgehead atoms. The Labute approximate surface area is 137 Å². The van der Waals surface area contributed by atoms with Gasteiger partial charge in [0.1, 0.15) is 0 Å². The molecule has 0 N–H and O–H groups in total. The van der Waals surface area contributed by atoms with E-state index >= 15 is 0 Å². The van der Waals surface area contributed by atoms with Crippen LogP contribution >= 0.6 is 0 Å². The minimum Gasteiger partial charge on any atom is -0.293 e. The van der Waals surface area contributed by atoms with Crippen LogP contribution in [0.3, 0.4) is 0 Å².